The standard InChI is InChI=1S/C14H27N3O3/c1-10(2)13(19)9-12(17(6)11(3)18)14(20)15-7-8-16(4)5/h10,12H,7-9H2,1-6H3,(H,15,20). The summed E-state index contributed by atoms with van der Waals surface area (Å²) in [5, 5.41) is 2.77. The summed E-state index contributed by atoms with van der Waals surface area (Å²) in [6, 6.07) is -0.732. The van der Waals surface area contributed by atoms with Gasteiger partial charge in [-0.25, -0.2) is 0 Å². The first-order valence-corrected chi connectivity index (χ1v) is 6.85. The molecular weight excluding hydrogens is 258 g/mol. The molecule has 0 aromatic heterocycles. The molecule has 0 spiro atoms. The predicted octanol–water partition coefficient (Wildman–Crippen LogP) is 0.126. The minimum Gasteiger partial charge on any atom is -0.353 e. The van der Waals surface area contributed by atoms with Gasteiger partial charge in [0.2, 0.25) is 11.8 Å². The van der Waals surface area contributed by atoms with E-state index in [1.54, 1.807) is 20.9 Å². The van der Waals surface area contributed by atoms with Crippen LogP contribution in [0.15, 0.2) is 0 Å². The first kappa shape index (κ1) is 18.6. The maximum absolute atomic E-state index is 12.2. The van der Waals surface area contributed by atoms with E-state index >= 15 is 0 Å². The van der Waals surface area contributed by atoms with E-state index in [9.17, 15) is 14.4 Å². The van der Waals surface area contributed by atoms with Gasteiger partial charge in [-0.15, -0.1) is 0 Å². The number of ketones is 1. The van der Waals surface area contributed by atoms with Crippen LogP contribution in [0.5, 0.6) is 0 Å². The van der Waals surface area contributed by atoms with Crippen molar-refractivity contribution in [2.75, 3.05) is 34.2 Å². The molecular formula is C14H27N3O3. The monoisotopic (exact) mass is 285 g/mol. The van der Waals surface area contributed by atoms with Gasteiger partial charge in [-0.1, -0.05) is 13.8 Å². The van der Waals surface area contributed by atoms with Gasteiger partial charge < -0.3 is 15.1 Å². The van der Waals surface area contributed by atoms with Gasteiger partial charge in [0.15, 0.2) is 0 Å². The highest BCUT2D eigenvalue weighted by Crippen LogP contribution is 2.08. The van der Waals surface area contributed by atoms with Crippen LogP contribution in [0.1, 0.15) is 27.2 Å². The summed E-state index contributed by atoms with van der Waals surface area (Å²) in [6.07, 6.45) is 0.0571. The fraction of sp³-hybridized carbons (Fsp3) is 0.786. The van der Waals surface area contributed by atoms with E-state index in [1.165, 1.54) is 11.8 Å². The number of carbonyl (C=O) groups is 3. The molecule has 0 aromatic carbocycles. The highest BCUT2D eigenvalue weighted by Gasteiger charge is 2.28. The molecule has 0 heterocycles. The van der Waals surface area contributed by atoms with Gasteiger partial charge in [-0.05, 0) is 14.1 Å². The normalized spacial score (nSPS) is 12.4. The second-order valence-corrected chi connectivity index (χ2v) is 5.57. The predicted molar refractivity (Wildman–Crippen MR) is 78.3 cm³/mol. The molecule has 2 amide bonds. The van der Waals surface area contributed by atoms with Gasteiger partial charge in [0.05, 0.1) is 0 Å². The molecule has 6 heteroatoms. The Bertz CT molecular complexity index is 354. The van der Waals surface area contributed by atoms with Gasteiger partial charge in [0.1, 0.15) is 11.8 Å². The molecule has 1 atom stereocenters. The average Bonchev–Trinajstić information content (AvgIpc) is 2.33. The molecule has 0 radical (unpaired) electrons. The molecule has 1 N–H and O–H groups in total. The molecule has 0 bridgehead atoms. The number of hydrogen-bond acceptors (Lipinski definition) is 4. The zero-order valence-corrected chi connectivity index (χ0v) is 13.4. The third-order valence-corrected chi connectivity index (χ3v) is 3.16. The summed E-state index contributed by atoms with van der Waals surface area (Å²) in [6.45, 7) is 6.17. The third-order valence-electron chi connectivity index (χ3n) is 3.16. The summed E-state index contributed by atoms with van der Waals surface area (Å²) in [7, 11) is 5.37. The van der Waals surface area contributed by atoms with Crippen LogP contribution in [0.2, 0.25) is 0 Å². The number of amides is 2. The van der Waals surface area contributed by atoms with Crippen LogP contribution in [0.25, 0.3) is 0 Å². The second kappa shape index (κ2) is 8.68. The summed E-state index contributed by atoms with van der Waals surface area (Å²) in [4.78, 5) is 38.7. The van der Waals surface area contributed by atoms with Crippen molar-refractivity contribution in [3.8, 4) is 0 Å². The first-order valence-electron chi connectivity index (χ1n) is 6.85. The number of hydrogen-bond donors (Lipinski definition) is 1. The summed E-state index contributed by atoms with van der Waals surface area (Å²) >= 11 is 0. The molecule has 6 nitrogen and oxygen atoms in total. The zero-order valence-electron chi connectivity index (χ0n) is 13.4. The topological polar surface area (TPSA) is 69.7 Å². The minimum atomic E-state index is -0.732. The number of carbonyl (C=O) groups excluding carboxylic acids is 3. The molecule has 0 aromatic rings. The summed E-state index contributed by atoms with van der Waals surface area (Å²) < 4.78 is 0. The Hall–Kier alpha value is -1.43. The van der Waals surface area contributed by atoms with E-state index in [0.717, 1.165) is 0 Å². The Morgan fingerprint density at radius 3 is 2.05 bits per heavy atom. The highest BCUT2D eigenvalue weighted by molar-refractivity contribution is 5.92. The van der Waals surface area contributed by atoms with Crippen LogP contribution in [0.3, 0.4) is 0 Å². The van der Waals surface area contributed by atoms with Gasteiger partial charge in [-0.3, -0.25) is 14.4 Å². The smallest absolute Gasteiger partial charge is 0.243 e. The van der Waals surface area contributed by atoms with Crippen molar-refractivity contribution < 1.29 is 14.4 Å². The van der Waals surface area contributed by atoms with Gasteiger partial charge in [0, 0.05) is 39.4 Å². The average molecular weight is 285 g/mol. The fourth-order valence-electron chi connectivity index (χ4n) is 1.57. The van der Waals surface area contributed by atoms with Gasteiger partial charge in [0.25, 0.3) is 0 Å². The zero-order chi connectivity index (χ0) is 15.9. The van der Waals surface area contributed by atoms with Crippen molar-refractivity contribution in [2.45, 2.75) is 33.2 Å². The lowest BCUT2D eigenvalue weighted by Gasteiger charge is -2.26. The maximum Gasteiger partial charge on any atom is 0.243 e. The maximum atomic E-state index is 12.2. The van der Waals surface area contributed by atoms with Crippen molar-refractivity contribution in [3.05, 3.63) is 0 Å². The van der Waals surface area contributed by atoms with Crippen molar-refractivity contribution in [1.82, 2.24) is 15.1 Å². The summed E-state index contributed by atoms with van der Waals surface area (Å²) in [5.41, 5.74) is 0. The molecule has 0 aliphatic rings. The van der Waals surface area contributed by atoms with E-state index in [4.69, 9.17) is 0 Å². The Labute approximate surface area is 121 Å². The highest BCUT2D eigenvalue weighted by atomic mass is 16.2. The molecule has 0 rings (SSSR count). The molecule has 0 aliphatic heterocycles. The van der Waals surface area contributed by atoms with E-state index in [2.05, 4.69) is 5.32 Å². The van der Waals surface area contributed by atoms with Crippen molar-refractivity contribution >= 4 is 17.6 Å². The number of nitrogens with one attached hydrogen (secondary N) is 1. The third kappa shape index (κ3) is 6.65. The number of Topliss-reactive ketones (excluding diaryl/α,β-unsaturated/α-hetero) is 1. The van der Waals surface area contributed by atoms with Crippen LogP contribution in [-0.2, 0) is 14.4 Å². The first-order chi connectivity index (χ1) is 9.16. The Morgan fingerprint density at radius 1 is 1.10 bits per heavy atom. The lowest BCUT2D eigenvalue weighted by molar-refractivity contribution is -0.139. The largest absolute Gasteiger partial charge is 0.353 e. The van der Waals surface area contributed by atoms with Crippen molar-refractivity contribution in [3.63, 3.8) is 0 Å². The second-order valence-electron chi connectivity index (χ2n) is 5.57. The molecule has 1 unspecified atom stereocenters. The van der Waals surface area contributed by atoms with E-state index in [1.807, 2.05) is 19.0 Å². The Balaban J connectivity index is 4.71. The molecule has 0 saturated carbocycles. The molecule has 0 aliphatic carbocycles. The lowest BCUT2D eigenvalue weighted by Crippen LogP contribution is -2.49. The number of rotatable bonds is 8. The van der Waals surface area contributed by atoms with Crippen molar-refractivity contribution in [1.29, 1.82) is 0 Å². The molecule has 20 heavy (non-hydrogen) atoms. The van der Waals surface area contributed by atoms with E-state index < -0.39 is 6.04 Å². The fourth-order valence-corrected chi connectivity index (χ4v) is 1.57. The molecule has 0 fully saturated rings. The Kier molecular flexibility index (Phi) is 8.06. The van der Waals surface area contributed by atoms with Crippen LogP contribution >= 0.6 is 0 Å². The van der Waals surface area contributed by atoms with Crippen LogP contribution in [0.4, 0.5) is 0 Å². The van der Waals surface area contributed by atoms with Crippen LogP contribution in [0, 0.1) is 5.92 Å². The number of nitrogens with zero attached hydrogens (tertiary/aromatic N) is 2. The SMILES string of the molecule is CC(=O)N(C)C(CC(=O)C(C)C)C(=O)NCCN(C)C. The molecule has 0 saturated heterocycles. The van der Waals surface area contributed by atoms with Gasteiger partial charge >= 0.3 is 0 Å². The van der Waals surface area contributed by atoms with E-state index in [-0.39, 0.29) is 29.9 Å². The molecule has 116 valence electrons. The lowest BCUT2D eigenvalue weighted by atomic mass is 10.00. The number of likely N-dealkylation sites (N-methyl/N-ethyl adjacent to an activating group) is 2. The summed E-state index contributed by atoms with van der Waals surface area (Å²) in [5.74, 6) is -0.675. The van der Waals surface area contributed by atoms with Crippen LogP contribution in [-0.4, -0.2) is 67.7 Å². The van der Waals surface area contributed by atoms with Crippen molar-refractivity contribution in [2.24, 2.45) is 5.92 Å². The van der Waals surface area contributed by atoms with Gasteiger partial charge in [-0.2, -0.15) is 0 Å². The minimum absolute atomic E-state index is 0.0224. The Morgan fingerprint density at radius 2 is 1.65 bits per heavy atom. The van der Waals surface area contributed by atoms with E-state index in [0.29, 0.717) is 13.1 Å². The quantitative estimate of drug-likeness (QED) is 0.688. The van der Waals surface area contributed by atoms with Crippen LogP contribution < -0.4 is 5.32 Å².